The molecule has 1 aromatic heterocycles. The van der Waals surface area contributed by atoms with E-state index in [1.165, 1.54) is 24.2 Å². The lowest BCUT2D eigenvalue weighted by Gasteiger charge is -2.32. The topological polar surface area (TPSA) is 85.2 Å². The molecule has 1 saturated heterocycles. The van der Waals surface area contributed by atoms with Gasteiger partial charge in [-0.3, -0.25) is 9.69 Å². The number of hydrogen-bond donors (Lipinski definition) is 1. The van der Waals surface area contributed by atoms with E-state index < -0.39 is 0 Å². The Hall–Kier alpha value is -3.33. The number of carbonyl (C=O) groups is 1. The second-order valence-electron chi connectivity index (χ2n) is 7.34. The van der Waals surface area contributed by atoms with Gasteiger partial charge in [-0.15, -0.1) is 5.10 Å². The first kappa shape index (κ1) is 20.0. The van der Waals surface area contributed by atoms with Crippen molar-refractivity contribution in [3.63, 3.8) is 0 Å². The van der Waals surface area contributed by atoms with Crippen molar-refractivity contribution in [1.82, 2.24) is 25.1 Å². The normalized spacial score (nSPS) is 16.9. The highest BCUT2D eigenvalue weighted by Gasteiger charge is 2.26. The Balaban J connectivity index is 1.38. The molecule has 9 heteroatoms. The highest BCUT2D eigenvalue weighted by Crippen LogP contribution is 2.23. The number of benzene rings is 2. The van der Waals surface area contributed by atoms with Crippen LogP contribution in [0, 0.1) is 11.7 Å². The maximum atomic E-state index is 14.0. The lowest BCUT2D eigenvalue weighted by atomic mass is 9.96. The lowest BCUT2D eigenvalue weighted by Crippen LogP contribution is -2.40. The number of hydrogen-bond acceptors (Lipinski definition) is 6. The molecule has 0 bridgehead atoms. The molecule has 1 unspecified atom stereocenters. The number of anilines is 1. The summed E-state index contributed by atoms with van der Waals surface area (Å²) in [5.74, 6) is -0.282. The number of methoxy groups -OCH3 is 1. The summed E-state index contributed by atoms with van der Waals surface area (Å²) in [4.78, 5) is 15.0. The van der Waals surface area contributed by atoms with Crippen molar-refractivity contribution in [1.29, 1.82) is 0 Å². The van der Waals surface area contributed by atoms with Crippen LogP contribution >= 0.6 is 0 Å². The number of amides is 1. The Labute approximate surface area is 173 Å². The van der Waals surface area contributed by atoms with E-state index in [-0.39, 0.29) is 23.4 Å². The predicted molar refractivity (Wildman–Crippen MR) is 109 cm³/mol. The number of piperidine rings is 1. The van der Waals surface area contributed by atoms with Gasteiger partial charge >= 0.3 is 0 Å². The van der Waals surface area contributed by atoms with Crippen molar-refractivity contribution < 1.29 is 13.9 Å². The van der Waals surface area contributed by atoms with Crippen LogP contribution in [0.25, 0.3) is 5.69 Å². The van der Waals surface area contributed by atoms with Crippen molar-refractivity contribution in [3.8, 4) is 11.4 Å². The standard InChI is InChI=1S/C21H23FN6O2/c1-30-20-8-7-15(10-19(20)22)12-27-9-3-4-16(13-27)21(29)24-17-5-2-6-18(11-17)28-14-23-25-26-28/h2,5-8,10-11,14,16H,3-4,9,12-13H2,1H3,(H,24,29). The fraction of sp³-hybridized carbons (Fsp3) is 0.333. The van der Waals surface area contributed by atoms with E-state index in [0.29, 0.717) is 18.8 Å². The van der Waals surface area contributed by atoms with Gasteiger partial charge in [-0.05, 0) is 65.7 Å². The summed E-state index contributed by atoms with van der Waals surface area (Å²) >= 11 is 0. The van der Waals surface area contributed by atoms with E-state index in [1.807, 2.05) is 30.3 Å². The molecule has 3 aromatic rings. The van der Waals surface area contributed by atoms with Crippen LogP contribution in [0.3, 0.4) is 0 Å². The van der Waals surface area contributed by atoms with Gasteiger partial charge in [-0.25, -0.2) is 9.07 Å². The van der Waals surface area contributed by atoms with Gasteiger partial charge in [0.05, 0.1) is 18.7 Å². The minimum absolute atomic E-state index is 0.0190. The number of rotatable bonds is 6. The molecule has 1 aliphatic heterocycles. The zero-order chi connectivity index (χ0) is 20.9. The third-order valence-corrected chi connectivity index (χ3v) is 5.23. The van der Waals surface area contributed by atoms with Gasteiger partial charge in [0.1, 0.15) is 6.33 Å². The summed E-state index contributed by atoms with van der Waals surface area (Å²) in [5.41, 5.74) is 2.33. The van der Waals surface area contributed by atoms with Gasteiger partial charge < -0.3 is 10.1 Å². The van der Waals surface area contributed by atoms with Crippen molar-refractivity contribution in [2.45, 2.75) is 19.4 Å². The summed E-state index contributed by atoms with van der Waals surface area (Å²) in [7, 11) is 1.45. The number of ether oxygens (including phenoxy) is 1. The number of likely N-dealkylation sites (tertiary alicyclic amines) is 1. The minimum atomic E-state index is -0.372. The molecular formula is C21H23FN6O2. The molecule has 1 amide bonds. The van der Waals surface area contributed by atoms with E-state index in [4.69, 9.17) is 4.74 Å². The molecule has 156 valence electrons. The molecular weight excluding hydrogens is 387 g/mol. The summed E-state index contributed by atoms with van der Waals surface area (Å²) in [6.45, 7) is 2.11. The number of nitrogens with zero attached hydrogens (tertiary/aromatic N) is 5. The van der Waals surface area contributed by atoms with Crippen LogP contribution in [0.15, 0.2) is 48.8 Å². The Bertz CT molecular complexity index is 1010. The van der Waals surface area contributed by atoms with E-state index in [1.54, 1.807) is 6.07 Å². The van der Waals surface area contributed by atoms with Gasteiger partial charge in [0.15, 0.2) is 11.6 Å². The molecule has 1 N–H and O–H groups in total. The molecule has 4 rings (SSSR count). The van der Waals surface area contributed by atoms with Crippen LogP contribution in [0.2, 0.25) is 0 Å². The first-order valence-electron chi connectivity index (χ1n) is 9.81. The van der Waals surface area contributed by atoms with Crippen LogP contribution in [0.1, 0.15) is 18.4 Å². The van der Waals surface area contributed by atoms with Gasteiger partial charge in [-0.1, -0.05) is 12.1 Å². The Morgan fingerprint density at radius 2 is 2.20 bits per heavy atom. The zero-order valence-corrected chi connectivity index (χ0v) is 16.7. The van der Waals surface area contributed by atoms with E-state index in [9.17, 15) is 9.18 Å². The fourth-order valence-corrected chi connectivity index (χ4v) is 3.73. The van der Waals surface area contributed by atoms with Crippen LogP contribution in [-0.4, -0.2) is 51.2 Å². The summed E-state index contributed by atoms with van der Waals surface area (Å²) in [5, 5.41) is 14.1. The van der Waals surface area contributed by atoms with E-state index >= 15 is 0 Å². The summed E-state index contributed by atoms with van der Waals surface area (Å²) < 4.78 is 20.5. The lowest BCUT2D eigenvalue weighted by molar-refractivity contribution is -0.121. The number of nitrogens with one attached hydrogen (secondary N) is 1. The number of aromatic nitrogens is 4. The maximum absolute atomic E-state index is 14.0. The monoisotopic (exact) mass is 410 g/mol. The fourth-order valence-electron chi connectivity index (χ4n) is 3.73. The SMILES string of the molecule is COc1ccc(CN2CCCC(C(=O)Nc3cccc(-n4cnnn4)c3)C2)cc1F. The molecule has 0 radical (unpaired) electrons. The number of halogens is 1. The van der Waals surface area contributed by atoms with Crippen LogP contribution in [-0.2, 0) is 11.3 Å². The zero-order valence-electron chi connectivity index (χ0n) is 16.7. The molecule has 2 heterocycles. The molecule has 0 spiro atoms. The quantitative estimate of drug-likeness (QED) is 0.673. The second-order valence-corrected chi connectivity index (χ2v) is 7.34. The van der Waals surface area contributed by atoms with Crippen molar-refractivity contribution in [3.05, 3.63) is 60.2 Å². The average Bonchev–Trinajstić information content (AvgIpc) is 3.29. The smallest absolute Gasteiger partial charge is 0.228 e. The molecule has 2 aromatic carbocycles. The third-order valence-electron chi connectivity index (χ3n) is 5.23. The van der Waals surface area contributed by atoms with Crippen molar-refractivity contribution in [2.24, 2.45) is 5.92 Å². The largest absolute Gasteiger partial charge is 0.494 e. The summed E-state index contributed by atoms with van der Waals surface area (Å²) in [6, 6.07) is 12.4. The second kappa shape index (κ2) is 9.00. The van der Waals surface area contributed by atoms with E-state index in [2.05, 4.69) is 25.7 Å². The number of tetrazole rings is 1. The molecule has 0 aliphatic carbocycles. The molecule has 1 atom stereocenters. The molecule has 30 heavy (non-hydrogen) atoms. The molecule has 1 fully saturated rings. The van der Waals surface area contributed by atoms with Crippen LogP contribution in [0.4, 0.5) is 10.1 Å². The minimum Gasteiger partial charge on any atom is -0.494 e. The Morgan fingerprint density at radius 1 is 1.30 bits per heavy atom. The average molecular weight is 410 g/mol. The maximum Gasteiger partial charge on any atom is 0.228 e. The molecule has 0 saturated carbocycles. The molecule has 8 nitrogen and oxygen atoms in total. The predicted octanol–water partition coefficient (Wildman–Crippen LogP) is 2.66. The molecule has 1 aliphatic rings. The first-order valence-corrected chi connectivity index (χ1v) is 9.81. The highest BCUT2D eigenvalue weighted by atomic mass is 19.1. The van der Waals surface area contributed by atoms with Gasteiger partial charge in [-0.2, -0.15) is 0 Å². The Morgan fingerprint density at radius 3 is 2.97 bits per heavy atom. The number of carbonyl (C=O) groups excluding carboxylic acids is 1. The first-order chi connectivity index (χ1) is 14.6. The van der Waals surface area contributed by atoms with Gasteiger partial charge in [0.25, 0.3) is 0 Å². The van der Waals surface area contributed by atoms with Gasteiger partial charge in [0, 0.05) is 18.8 Å². The van der Waals surface area contributed by atoms with Crippen molar-refractivity contribution >= 4 is 11.6 Å². The third kappa shape index (κ3) is 4.62. The van der Waals surface area contributed by atoms with Gasteiger partial charge in [0.2, 0.25) is 5.91 Å². The van der Waals surface area contributed by atoms with Crippen LogP contribution < -0.4 is 10.1 Å². The Kier molecular flexibility index (Phi) is 5.99. The summed E-state index contributed by atoms with van der Waals surface area (Å²) in [6.07, 6.45) is 3.25. The van der Waals surface area contributed by atoms with Crippen LogP contribution in [0.5, 0.6) is 5.75 Å². The van der Waals surface area contributed by atoms with Crippen molar-refractivity contribution in [2.75, 3.05) is 25.5 Å². The highest BCUT2D eigenvalue weighted by molar-refractivity contribution is 5.93. The van der Waals surface area contributed by atoms with E-state index in [0.717, 1.165) is 30.6 Å².